The Morgan fingerprint density at radius 1 is 0.850 bits per heavy atom. The first-order valence-corrected chi connectivity index (χ1v) is 12.6. The third-order valence-electron chi connectivity index (χ3n) is 5.60. The second-order valence-corrected chi connectivity index (χ2v) is 8.56. The maximum absolute atomic E-state index is 12.4. The number of benzene rings is 2. The summed E-state index contributed by atoms with van der Waals surface area (Å²) in [7, 11) is 0. The molecule has 40 heavy (non-hydrogen) atoms. The van der Waals surface area contributed by atoms with Crippen molar-refractivity contribution in [3.63, 3.8) is 0 Å². The number of rotatable bonds is 17. The monoisotopic (exact) mass is 560 g/mol. The van der Waals surface area contributed by atoms with Gasteiger partial charge in [-0.15, -0.1) is 0 Å². The zero-order valence-corrected chi connectivity index (χ0v) is 22.4. The van der Waals surface area contributed by atoms with E-state index in [0.717, 1.165) is 28.3 Å². The van der Waals surface area contributed by atoms with Gasteiger partial charge in [0.2, 0.25) is 0 Å². The van der Waals surface area contributed by atoms with Crippen LogP contribution in [0, 0.1) is 0 Å². The molecule has 216 valence electrons. The number of halogens is 2. The Hall–Kier alpha value is -4.02. The largest absolute Gasteiger partial charge is 0.490 e. The average molecular weight is 561 g/mol. The molecule has 0 aromatic heterocycles. The van der Waals surface area contributed by atoms with Gasteiger partial charge < -0.3 is 29.2 Å². The third kappa shape index (κ3) is 10.6. The van der Waals surface area contributed by atoms with E-state index in [1.165, 1.54) is 0 Å². The summed E-state index contributed by atoms with van der Waals surface area (Å²) in [5, 5.41) is 17.9. The minimum Gasteiger partial charge on any atom is -0.490 e. The van der Waals surface area contributed by atoms with Gasteiger partial charge in [0.05, 0.1) is 24.4 Å². The number of esters is 2. The van der Waals surface area contributed by atoms with Crippen LogP contribution in [0.3, 0.4) is 0 Å². The van der Waals surface area contributed by atoms with Crippen molar-refractivity contribution in [1.29, 1.82) is 0 Å². The van der Waals surface area contributed by atoms with Crippen LogP contribution in [-0.2, 0) is 31.9 Å². The molecule has 2 aromatic rings. The molecule has 0 atom stereocenters. The van der Waals surface area contributed by atoms with Gasteiger partial charge in [-0.25, -0.2) is 9.59 Å². The first-order chi connectivity index (χ1) is 19.2. The summed E-state index contributed by atoms with van der Waals surface area (Å²) in [4.78, 5) is 23.4. The molecule has 0 aliphatic rings. The summed E-state index contributed by atoms with van der Waals surface area (Å²) in [5.74, 6) is -0.603. The summed E-state index contributed by atoms with van der Waals surface area (Å²) in [6, 6.07) is 11.0. The molecular formula is C30H34F2O8. The maximum Gasteiger partial charge on any atom is 0.335 e. The highest BCUT2D eigenvalue weighted by molar-refractivity contribution is 5.88. The van der Waals surface area contributed by atoms with Crippen LogP contribution in [0.5, 0.6) is 11.5 Å². The van der Waals surface area contributed by atoms with Crippen molar-refractivity contribution in [3.05, 3.63) is 84.0 Å². The highest BCUT2D eigenvalue weighted by Gasteiger charge is 2.12. The van der Waals surface area contributed by atoms with Gasteiger partial charge in [0.25, 0.3) is 6.08 Å². The number of hydrogen-bond donors (Lipinski definition) is 2. The van der Waals surface area contributed by atoms with Crippen LogP contribution >= 0.6 is 0 Å². The molecular weight excluding hydrogens is 526 g/mol. The molecule has 0 bridgehead atoms. The number of carbonyl (C=O) groups excluding carboxylic acids is 2. The molecule has 0 saturated heterocycles. The molecule has 0 spiro atoms. The summed E-state index contributed by atoms with van der Waals surface area (Å²) >= 11 is 0. The number of aryl methyl sites for hydroxylation is 2. The minimum atomic E-state index is -1.70. The standard InChI is InChI=1S/C30H34F2O8/c1-4-23-14-22(6-5-7-28(31)32)8-9-27(23)24-15-25(37-10-12-39-29(35)20(2)18-33)17-26(16-24)38-11-13-40-30(36)21(3)19-34/h7-9,14-17,33-34H,2-6,10-13,18-19H2,1H3. The van der Waals surface area contributed by atoms with Crippen molar-refractivity contribution in [2.24, 2.45) is 0 Å². The minimum absolute atomic E-state index is 0.0203. The molecule has 0 aliphatic carbocycles. The molecule has 2 rings (SSSR count). The normalized spacial score (nSPS) is 10.4. The zero-order valence-electron chi connectivity index (χ0n) is 22.4. The highest BCUT2D eigenvalue weighted by atomic mass is 19.3. The van der Waals surface area contributed by atoms with Gasteiger partial charge in [-0.2, -0.15) is 8.78 Å². The molecule has 8 nitrogen and oxygen atoms in total. The Bertz CT molecular complexity index is 1160. The van der Waals surface area contributed by atoms with E-state index in [4.69, 9.17) is 29.2 Å². The van der Waals surface area contributed by atoms with Crippen molar-refractivity contribution in [2.45, 2.75) is 26.2 Å². The number of aliphatic hydroxyl groups excluding tert-OH is 2. The van der Waals surface area contributed by atoms with Crippen molar-refractivity contribution >= 4 is 11.9 Å². The van der Waals surface area contributed by atoms with Crippen LogP contribution < -0.4 is 9.47 Å². The van der Waals surface area contributed by atoms with Gasteiger partial charge in [0.15, 0.2) is 0 Å². The lowest BCUT2D eigenvalue weighted by Gasteiger charge is -2.15. The summed E-state index contributed by atoms with van der Waals surface area (Å²) < 4.78 is 46.4. The fourth-order valence-electron chi connectivity index (χ4n) is 3.54. The lowest BCUT2D eigenvalue weighted by atomic mass is 9.94. The molecule has 2 aromatic carbocycles. The number of carbonyl (C=O) groups is 2. The first-order valence-electron chi connectivity index (χ1n) is 12.6. The SMILES string of the molecule is C=C(CO)C(=O)OCCOc1cc(OCCOC(=O)C(=C)CO)cc(-c2ccc(CCC=C(F)F)cc2CC)c1. The Morgan fingerprint density at radius 2 is 1.40 bits per heavy atom. The second kappa shape index (κ2) is 16.8. The summed E-state index contributed by atoms with van der Waals surface area (Å²) in [5.41, 5.74) is 3.45. The van der Waals surface area contributed by atoms with Crippen molar-refractivity contribution in [3.8, 4) is 22.6 Å². The number of ether oxygens (including phenoxy) is 4. The molecule has 0 heterocycles. The van der Waals surface area contributed by atoms with Crippen LogP contribution in [0.25, 0.3) is 11.1 Å². The molecule has 10 heteroatoms. The van der Waals surface area contributed by atoms with Gasteiger partial charge in [-0.3, -0.25) is 0 Å². The first kappa shape index (κ1) is 32.2. The van der Waals surface area contributed by atoms with E-state index in [9.17, 15) is 18.4 Å². The summed E-state index contributed by atoms with van der Waals surface area (Å²) in [6.45, 7) is 7.68. The predicted molar refractivity (Wildman–Crippen MR) is 145 cm³/mol. The number of aliphatic hydroxyl groups is 2. The van der Waals surface area contributed by atoms with Gasteiger partial charge in [0, 0.05) is 6.07 Å². The van der Waals surface area contributed by atoms with E-state index in [1.807, 2.05) is 25.1 Å². The Labute approximate surface area is 232 Å². The van der Waals surface area contributed by atoms with E-state index < -0.39 is 31.2 Å². The quantitative estimate of drug-likeness (QED) is 0.165. The Balaban J connectivity index is 2.22. The van der Waals surface area contributed by atoms with Crippen LogP contribution in [0.1, 0.15) is 24.5 Å². The molecule has 0 radical (unpaired) electrons. The molecule has 0 unspecified atom stereocenters. The predicted octanol–water partition coefficient (Wildman–Crippen LogP) is 4.57. The fraction of sp³-hybridized carbons (Fsp3) is 0.333. The van der Waals surface area contributed by atoms with E-state index in [-0.39, 0.29) is 44.0 Å². The van der Waals surface area contributed by atoms with Gasteiger partial charge in [-0.05, 0) is 59.7 Å². The Kier molecular flexibility index (Phi) is 13.5. The number of allylic oxidation sites excluding steroid dienone is 1. The fourth-order valence-corrected chi connectivity index (χ4v) is 3.54. The maximum atomic E-state index is 12.4. The van der Waals surface area contributed by atoms with Crippen LogP contribution in [0.4, 0.5) is 8.78 Å². The van der Waals surface area contributed by atoms with Crippen molar-refractivity contribution < 1.29 is 47.5 Å². The van der Waals surface area contributed by atoms with Gasteiger partial charge in [0.1, 0.15) is 37.9 Å². The Morgan fingerprint density at radius 3 is 1.88 bits per heavy atom. The average Bonchev–Trinajstić information content (AvgIpc) is 2.95. The zero-order chi connectivity index (χ0) is 29.5. The molecule has 0 saturated carbocycles. The van der Waals surface area contributed by atoms with Crippen molar-refractivity contribution in [1.82, 2.24) is 0 Å². The molecule has 0 fully saturated rings. The second-order valence-electron chi connectivity index (χ2n) is 8.56. The van der Waals surface area contributed by atoms with Crippen LogP contribution in [-0.4, -0.2) is 61.8 Å². The third-order valence-corrected chi connectivity index (χ3v) is 5.60. The van der Waals surface area contributed by atoms with Gasteiger partial charge >= 0.3 is 11.9 Å². The van der Waals surface area contributed by atoms with Gasteiger partial charge in [-0.1, -0.05) is 38.3 Å². The van der Waals surface area contributed by atoms with Crippen LogP contribution in [0.2, 0.25) is 0 Å². The van der Waals surface area contributed by atoms with E-state index >= 15 is 0 Å². The molecule has 2 N–H and O–H groups in total. The van der Waals surface area contributed by atoms with Crippen molar-refractivity contribution in [2.75, 3.05) is 39.6 Å². The lowest BCUT2D eigenvalue weighted by Crippen LogP contribution is -2.15. The highest BCUT2D eigenvalue weighted by Crippen LogP contribution is 2.33. The van der Waals surface area contributed by atoms with E-state index in [0.29, 0.717) is 24.3 Å². The lowest BCUT2D eigenvalue weighted by molar-refractivity contribution is -0.141. The number of hydrogen-bond acceptors (Lipinski definition) is 8. The molecule has 0 amide bonds. The van der Waals surface area contributed by atoms with Crippen LogP contribution in [0.15, 0.2) is 72.9 Å². The topological polar surface area (TPSA) is 112 Å². The molecule has 0 aliphatic heterocycles. The van der Waals surface area contributed by atoms with E-state index in [2.05, 4.69) is 13.2 Å². The van der Waals surface area contributed by atoms with E-state index in [1.54, 1.807) is 18.2 Å². The smallest absolute Gasteiger partial charge is 0.335 e. The summed E-state index contributed by atoms with van der Waals surface area (Å²) in [6.07, 6.45) is 0.604.